The highest BCUT2D eigenvalue weighted by atomic mass is 16.4. The molecule has 0 spiro atoms. The van der Waals surface area contributed by atoms with E-state index >= 15 is 0 Å². The fourth-order valence-electron chi connectivity index (χ4n) is 1.11. The van der Waals surface area contributed by atoms with Crippen LogP contribution in [0.3, 0.4) is 0 Å². The van der Waals surface area contributed by atoms with E-state index in [1.54, 1.807) is 6.07 Å². The molecule has 1 aromatic rings. The first-order valence-corrected chi connectivity index (χ1v) is 4.46. The second-order valence-electron chi connectivity index (χ2n) is 3.12. The van der Waals surface area contributed by atoms with E-state index in [0.29, 0.717) is 0 Å². The van der Waals surface area contributed by atoms with Crippen molar-refractivity contribution in [2.24, 2.45) is 5.73 Å². The van der Waals surface area contributed by atoms with Gasteiger partial charge in [0.15, 0.2) is 0 Å². The summed E-state index contributed by atoms with van der Waals surface area (Å²) in [6.07, 6.45) is 1.08. The topological polar surface area (TPSA) is 125 Å². The summed E-state index contributed by atoms with van der Waals surface area (Å²) < 4.78 is 0. The number of rotatable bonds is 5. The molecule has 1 heterocycles. The van der Waals surface area contributed by atoms with Crippen LogP contribution >= 0.6 is 0 Å². The smallest absolute Gasteiger partial charge is 0.326 e. The van der Waals surface area contributed by atoms with Gasteiger partial charge in [-0.25, -0.2) is 4.79 Å². The van der Waals surface area contributed by atoms with Crippen molar-refractivity contribution in [1.29, 1.82) is 0 Å². The van der Waals surface area contributed by atoms with Crippen LogP contribution in [0.25, 0.3) is 0 Å². The molecule has 1 aromatic heterocycles. The van der Waals surface area contributed by atoms with Gasteiger partial charge in [-0.05, 0) is 12.1 Å². The van der Waals surface area contributed by atoms with Crippen molar-refractivity contribution in [3.63, 3.8) is 0 Å². The summed E-state index contributed by atoms with van der Waals surface area (Å²) in [5.41, 5.74) is 5.08. The highest BCUT2D eigenvalue weighted by molar-refractivity contribution is 5.96. The number of aliphatic carboxylic acids is 1. The molecule has 0 aliphatic carbocycles. The first-order valence-electron chi connectivity index (χ1n) is 4.46. The van der Waals surface area contributed by atoms with Crippen molar-refractivity contribution in [3.8, 4) is 0 Å². The first kappa shape index (κ1) is 11.8. The predicted molar refractivity (Wildman–Crippen MR) is 53.5 cm³/mol. The fourth-order valence-corrected chi connectivity index (χ4v) is 1.11. The number of H-pyrrole nitrogens is 1. The zero-order valence-corrected chi connectivity index (χ0v) is 8.27. The molecule has 86 valence electrons. The Morgan fingerprint density at radius 3 is 2.62 bits per heavy atom. The summed E-state index contributed by atoms with van der Waals surface area (Å²) in [4.78, 5) is 35.3. The lowest BCUT2D eigenvalue weighted by atomic mass is 10.2. The second-order valence-corrected chi connectivity index (χ2v) is 3.12. The first-order chi connectivity index (χ1) is 7.50. The Balaban J connectivity index is 2.65. The Morgan fingerprint density at radius 2 is 2.19 bits per heavy atom. The lowest BCUT2D eigenvalue weighted by molar-refractivity contribution is -0.140. The number of carbonyl (C=O) groups excluding carboxylic acids is 2. The maximum absolute atomic E-state index is 11.4. The molecule has 1 atom stereocenters. The number of aromatic amines is 1. The lowest BCUT2D eigenvalue weighted by Gasteiger charge is -2.11. The van der Waals surface area contributed by atoms with E-state index in [2.05, 4.69) is 10.3 Å². The number of nitrogens with two attached hydrogens (primary N) is 1. The molecule has 0 aliphatic rings. The molecule has 2 amide bonds. The van der Waals surface area contributed by atoms with Crippen LogP contribution in [0, 0.1) is 0 Å². The number of primary amides is 1. The predicted octanol–water partition coefficient (Wildman–Crippen LogP) is -0.927. The van der Waals surface area contributed by atoms with Gasteiger partial charge in [-0.3, -0.25) is 9.59 Å². The zero-order valence-electron chi connectivity index (χ0n) is 8.27. The van der Waals surface area contributed by atoms with E-state index in [0.717, 1.165) is 0 Å². The molecule has 7 nitrogen and oxygen atoms in total. The Labute approximate surface area is 90.6 Å². The summed E-state index contributed by atoms with van der Waals surface area (Å²) in [6, 6.07) is 1.77. The van der Waals surface area contributed by atoms with Crippen LogP contribution in [0.2, 0.25) is 0 Å². The number of hydrogen-bond donors (Lipinski definition) is 4. The summed E-state index contributed by atoms with van der Waals surface area (Å²) >= 11 is 0. The number of amides is 2. The number of carboxylic acids is 1. The van der Waals surface area contributed by atoms with Gasteiger partial charge in [0, 0.05) is 6.20 Å². The van der Waals surface area contributed by atoms with E-state index in [1.165, 1.54) is 12.3 Å². The van der Waals surface area contributed by atoms with Gasteiger partial charge < -0.3 is 21.1 Å². The molecule has 0 saturated heterocycles. The van der Waals surface area contributed by atoms with Crippen LogP contribution in [0.5, 0.6) is 0 Å². The fraction of sp³-hybridized carbons (Fsp3) is 0.222. The van der Waals surface area contributed by atoms with Crippen LogP contribution in [0.4, 0.5) is 0 Å². The molecular weight excluding hydrogens is 214 g/mol. The minimum atomic E-state index is -1.31. The van der Waals surface area contributed by atoms with Crippen molar-refractivity contribution >= 4 is 17.8 Å². The van der Waals surface area contributed by atoms with Gasteiger partial charge in [0.1, 0.15) is 11.7 Å². The minimum Gasteiger partial charge on any atom is -0.480 e. The van der Waals surface area contributed by atoms with Crippen LogP contribution in [0.15, 0.2) is 18.3 Å². The Morgan fingerprint density at radius 1 is 1.50 bits per heavy atom. The molecule has 0 bridgehead atoms. The van der Waals surface area contributed by atoms with Crippen molar-refractivity contribution < 1.29 is 19.5 Å². The molecule has 1 rings (SSSR count). The number of carbonyl (C=O) groups is 3. The zero-order chi connectivity index (χ0) is 12.1. The van der Waals surface area contributed by atoms with E-state index in [4.69, 9.17) is 10.8 Å². The molecule has 16 heavy (non-hydrogen) atoms. The Kier molecular flexibility index (Phi) is 3.65. The summed E-state index contributed by atoms with van der Waals surface area (Å²) in [6.45, 7) is 0. The number of nitrogens with one attached hydrogen (secondary N) is 2. The van der Waals surface area contributed by atoms with Gasteiger partial charge in [0.25, 0.3) is 5.91 Å². The standard InChI is InChI=1S/C9H11N3O4/c10-7(13)4-6(9(15)16)12-8(14)5-2-1-3-11-5/h1-3,6,11H,4H2,(H2,10,13)(H,12,14)(H,15,16)/t6-/m1/s1. The van der Waals surface area contributed by atoms with Crippen molar-refractivity contribution in [3.05, 3.63) is 24.0 Å². The molecule has 5 N–H and O–H groups in total. The normalized spacial score (nSPS) is 11.8. The van der Waals surface area contributed by atoms with Crippen molar-refractivity contribution in [1.82, 2.24) is 10.3 Å². The van der Waals surface area contributed by atoms with Gasteiger partial charge in [-0.2, -0.15) is 0 Å². The number of hydrogen-bond acceptors (Lipinski definition) is 3. The number of aromatic nitrogens is 1. The Hall–Kier alpha value is -2.31. The highest BCUT2D eigenvalue weighted by Gasteiger charge is 2.22. The van der Waals surface area contributed by atoms with Crippen molar-refractivity contribution in [2.75, 3.05) is 0 Å². The summed E-state index contributed by atoms with van der Waals surface area (Å²) in [7, 11) is 0. The largest absolute Gasteiger partial charge is 0.480 e. The molecule has 0 aliphatic heterocycles. The number of carboxylic acid groups (broad SMARTS) is 1. The maximum atomic E-state index is 11.4. The molecular formula is C9H11N3O4. The summed E-state index contributed by atoms with van der Waals surface area (Å²) in [5.74, 6) is -2.70. The second kappa shape index (κ2) is 4.96. The van der Waals surface area contributed by atoms with Gasteiger partial charge in [0.05, 0.1) is 6.42 Å². The molecule has 0 unspecified atom stereocenters. The minimum absolute atomic E-state index is 0.218. The van der Waals surface area contributed by atoms with E-state index in [-0.39, 0.29) is 5.69 Å². The third kappa shape index (κ3) is 3.12. The van der Waals surface area contributed by atoms with Crippen LogP contribution in [-0.4, -0.2) is 33.9 Å². The van der Waals surface area contributed by atoms with E-state index < -0.39 is 30.2 Å². The Bertz CT molecular complexity index is 399. The quantitative estimate of drug-likeness (QED) is 0.516. The molecule has 0 aromatic carbocycles. The molecule has 0 saturated carbocycles. The van der Waals surface area contributed by atoms with Gasteiger partial charge in [-0.1, -0.05) is 0 Å². The molecule has 0 radical (unpaired) electrons. The lowest BCUT2D eigenvalue weighted by Crippen LogP contribution is -2.43. The molecule has 7 heteroatoms. The summed E-state index contributed by atoms with van der Waals surface area (Å²) in [5, 5.41) is 10.9. The SMILES string of the molecule is NC(=O)C[C@@H](NC(=O)c1ccc[nH]1)C(=O)O. The van der Waals surface area contributed by atoms with Gasteiger partial charge in [0.2, 0.25) is 5.91 Å². The van der Waals surface area contributed by atoms with Crippen molar-refractivity contribution in [2.45, 2.75) is 12.5 Å². The average molecular weight is 225 g/mol. The average Bonchev–Trinajstić information content (AvgIpc) is 2.68. The van der Waals surface area contributed by atoms with Gasteiger partial charge >= 0.3 is 5.97 Å². The van der Waals surface area contributed by atoms with Crippen LogP contribution in [-0.2, 0) is 9.59 Å². The highest BCUT2D eigenvalue weighted by Crippen LogP contribution is 1.98. The molecule has 0 fully saturated rings. The van der Waals surface area contributed by atoms with E-state index in [1.807, 2.05) is 0 Å². The third-order valence-corrected chi connectivity index (χ3v) is 1.85. The maximum Gasteiger partial charge on any atom is 0.326 e. The van der Waals surface area contributed by atoms with E-state index in [9.17, 15) is 14.4 Å². The van der Waals surface area contributed by atoms with Gasteiger partial charge in [-0.15, -0.1) is 0 Å². The van der Waals surface area contributed by atoms with Crippen LogP contribution < -0.4 is 11.1 Å². The monoisotopic (exact) mass is 225 g/mol. The third-order valence-electron chi connectivity index (χ3n) is 1.85. The van der Waals surface area contributed by atoms with Crippen LogP contribution in [0.1, 0.15) is 16.9 Å².